The molecule has 1 saturated heterocycles. The lowest BCUT2D eigenvalue weighted by atomic mass is 9.96. The predicted octanol–water partition coefficient (Wildman–Crippen LogP) is 1.33. The van der Waals surface area contributed by atoms with Crippen LogP contribution in [0.1, 0.15) is 24.0 Å². The van der Waals surface area contributed by atoms with Crippen LogP contribution in [0.25, 0.3) is 0 Å². The number of hydrogen-bond donors (Lipinski definition) is 2. The molecule has 4 rings (SSSR count). The highest BCUT2D eigenvalue weighted by Gasteiger charge is 2.23. The molecule has 0 radical (unpaired) electrons. The minimum atomic E-state index is -0.665. The summed E-state index contributed by atoms with van der Waals surface area (Å²) in [5.74, 6) is 0.981. The SMILES string of the molecule is N#Cc1cccnc1N1CCC(CNC(=O)C(=O)NCc2ccc3c(c2)OCO3)CC1. The molecule has 2 aromatic rings. The van der Waals surface area contributed by atoms with E-state index < -0.39 is 11.8 Å². The van der Waals surface area contributed by atoms with Gasteiger partial charge < -0.3 is 25.0 Å². The largest absolute Gasteiger partial charge is 0.454 e. The molecule has 160 valence electrons. The average molecular weight is 421 g/mol. The van der Waals surface area contributed by atoms with Crippen LogP contribution in [-0.4, -0.2) is 43.2 Å². The number of pyridine rings is 1. The van der Waals surface area contributed by atoms with Crippen LogP contribution >= 0.6 is 0 Å². The Hall–Kier alpha value is -3.80. The third kappa shape index (κ3) is 4.86. The molecule has 2 aliphatic heterocycles. The number of nitrogens with one attached hydrogen (secondary N) is 2. The molecule has 0 unspecified atom stereocenters. The van der Waals surface area contributed by atoms with Crippen molar-refractivity contribution in [3.8, 4) is 17.6 Å². The van der Waals surface area contributed by atoms with Gasteiger partial charge in [0.1, 0.15) is 11.9 Å². The van der Waals surface area contributed by atoms with E-state index in [1.54, 1.807) is 30.5 Å². The van der Waals surface area contributed by atoms with E-state index in [1.165, 1.54) is 0 Å². The second-order valence-electron chi connectivity index (χ2n) is 7.50. The fraction of sp³-hybridized carbons (Fsp3) is 0.364. The summed E-state index contributed by atoms with van der Waals surface area (Å²) in [4.78, 5) is 30.7. The number of anilines is 1. The molecular weight excluding hydrogens is 398 g/mol. The maximum absolute atomic E-state index is 12.1. The van der Waals surface area contributed by atoms with Gasteiger partial charge in [-0.2, -0.15) is 5.26 Å². The summed E-state index contributed by atoms with van der Waals surface area (Å²) in [7, 11) is 0. The van der Waals surface area contributed by atoms with Gasteiger partial charge in [-0.1, -0.05) is 6.07 Å². The highest BCUT2D eigenvalue weighted by atomic mass is 16.7. The molecule has 0 aliphatic carbocycles. The molecule has 3 heterocycles. The molecule has 0 atom stereocenters. The van der Waals surface area contributed by atoms with Crippen LogP contribution in [0.4, 0.5) is 5.82 Å². The Morgan fingerprint density at radius 3 is 2.71 bits per heavy atom. The van der Waals surface area contributed by atoms with Gasteiger partial charge in [-0.15, -0.1) is 0 Å². The van der Waals surface area contributed by atoms with Gasteiger partial charge >= 0.3 is 11.8 Å². The number of hydrogen-bond acceptors (Lipinski definition) is 7. The van der Waals surface area contributed by atoms with Gasteiger partial charge in [0.25, 0.3) is 0 Å². The number of carbonyl (C=O) groups is 2. The summed E-state index contributed by atoms with van der Waals surface area (Å²) in [5.41, 5.74) is 1.39. The van der Waals surface area contributed by atoms with Crippen molar-refractivity contribution in [3.63, 3.8) is 0 Å². The summed E-state index contributed by atoms with van der Waals surface area (Å²) in [6.45, 7) is 2.36. The lowest BCUT2D eigenvalue weighted by Gasteiger charge is -2.33. The maximum atomic E-state index is 12.1. The third-order valence-electron chi connectivity index (χ3n) is 5.47. The summed E-state index contributed by atoms with van der Waals surface area (Å²) >= 11 is 0. The Labute approximate surface area is 180 Å². The van der Waals surface area contributed by atoms with Crippen molar-refractivity contribution in [3.05, 3.63) is 47.7 Å². The molecule has 0 spiro atoms. The van der Waals surface area contributed by atoms with Crippen molar-refractivity contribution in [2.75, 3.05) is 31.3 Å². The number of nitrogens with zero attached hydrogens (tertiary/aromatic N) is 3. The minimum Gasteiger partial charge on any atom is -0.454 e. The second-order valence-corrected chi connectivity index (χ2v) is 7.50. The lowest BCUT2D eigenvalue weighted by molar-refractivity contribution is -0.139. The van der Waals surface area contributed by atoms with E-state index in [4.69, 9.17) is 9.47 Å². The minimum absolute atomic E-state index is 0.188. The third-order valence-corrected chi connectivity index (χ3v) is 5.47. The van der Waals surface area contributed by atoms with Crippen molar-refractivity contribution >= 4 is 17.6 Å². The van der Waals surface area contributed by atoms with Crippen LogP contribution in [-0.2, 0) is 16.1 Å². The second kappa shape index (κ2) is 9.34. The zero-order valence-corrected chi connectivity index (χ0v) is 17.0. The van der Waals surface area contributed by atoms with Crippen molar-refractivity contribution < 1.29 is 19.1 Å². The van der Waals surface area contributed by atoms with Gasteiger partial charge in [-0.25, -0.2) is 4.98 Å². The first-order valence-corrected chi connectivity index (χ1v) is 10.2. The molecule has 0 bridgehead atoms. The van der Waals surface area contributed by atoms with E-state index in [1.807, 2.05) is 6.07 Å². The van der Waals surface area contributed by atoms with E-state index in [2.05, 4.69) is 26.6 Å². The fourth-order valence-corrected chi connectivity index (χ4v) is 3.72. The monoisotopic (exact) mass is 421 g/mol. The normalized spacial score (nSPS) is 15.3. The first-order chi connectivity index (χ1) is 15.1. The highest BCUT2D eigenvalue weighted by Crippen LogP contribution is 2.32. The number of benzene rings is 1. The number of ether oxygens (including phenoxy) is 2. The van der Waals surface area contributed by atoms with Crippen LogP contribution in [0.3, 0.4) is 0 Å². The maximum Gasteiger partial charge on any atom is 0.309 e. The first-order valence-electron chi connectivity index (χ1n) is 10.2. The number of piperidine rings is 1. The molecule has 2 amide bonds. The molecule has 0 saturated carbocycles. The van der Waals surface area contributed by atoms with Crippen molar-refractivity contribution in [1.29, 1.82) is 5.26 Å². The zero-order chi connectivity index (χ0) is 21.6. The van der Waals surface area contributed by atoms with E-state index in [-0.39, 0.29) is 19.3 Å². The topological polar surface area (TPSA) is 117 Å². The number of fused-ring (bicyclic) bond motifs is 1. The van der Waals surface area contributed by atoms with E-state index >= 15 is 0 Å². The molecule has 1 aromatic carbocycles. The molecule has 2 N–H and O–H groups in total. The summed E-state index contributed by atoms with van der Waals surface area (Å²) in [6, 6.07) is 11.1. The van der Waals surface area contributed by atoms with Crippen LogP contribution < -0.4 is 25.0 Å². The van der Waals surface area contributed by atoms with Crippen molar-refractivity contribution in [1.82, 2.24) is 15.6 Å². The van der Waals surface area contributed by atoms with E-state index in [0.29, 0.717) is 29.4 Å². The van der Waals surface area contributed by atoms with Crippen LogP contribution in [0, 0.1) is 17.2 Å². The van der Waals surface area contributed by atoms with Gasteiger partial charge in [-0.05, 0) is 48.6 Å². The molecule has 31 heavy (non-hydrogen) atoms. The fourth-order valence-electron chi connectivity index (χ4n) is 3.72. The zero-order valence-electron chi connectivity index (χ0n) is 17.0. The first kappa shape index (κ1) is 20.5. The molecular formula is C22H23N5O4. The van der Waals surface area contributed by atoms with Gasteiger partial charge in [-0.3, -0.25) is 9.59 Å². The van der Waals surface area contributed by atoms with E-state index in [9.17, 15) is 14.9 Å². The molecule has 2 aliphatic rings. The molecule has 1 aromatic heterocycles. The van der Waals surface area contributed by atoms with Crippen molar-refractivity contribution in [2.24, 2.45) is 5.92 Å². The molecule has 1 fully saturated rings. The highest BCUT2D eigenvalue weighted by molar-refractivity contribution is 6.35. The summed E-state index contributed by atoms with van der Waals surface area (Å²) in [6.07, 6.45) is 3.38. The quantitative estimate of drug-likeness (QED) is 0.700. The smallest absolute Gasteiger partial charge is 0.309 e. The number of amides is 2. The Kier molecular flexibility index (Phi) is 6.17. The summed E-state index contributed by atoms with van der Waals surface area (Å²) < 4.78 is 10.6. The van der Waals surface area contributed by atoms with E-state index in [0.717, 1.165) is 31.5 Å². The Bertz CT molecular complexity index is 1010. The Morgan fingerprint density at radius 2 is 1.90 bits per heavy atom. The summed E-state index contributed by atoms with van der Waals surface area (Å²) in [5, 5.41) is 14.6. The number of carbonyl (C=O) groups excluding carboxylic acids is 2. The van der Waals surface area contributed by atoms with Crippen LogP contribution in [0.5, 0.6) is 11.5 Å². The average Bonchev–Trinajstić information content (AvgIpc) is 3.29. The number of rotatable bonds is 5. The van der Waals surface area contributed by atoms with Gasteiger partial charge in [0.15, 0.2) is 11.5 Å². The van der Waals surface area contributed by atoms with Crippen molar-refractivity contribution in [2.45, 2.75) is 19.4 Å². The number of aromatic nitrogens is 1. The van der Waals surface area contributed by atoms with Gasteiger partial charge in [0.05, 0.1) is 5.56 Å². The molecule has 9 heteroatoms. The van der Waals surface area contributed by atoms with Gasteiger partial charge in [0, 0.05) is 32.4 Å². The van der Waals surface area contributed by atoms with Crippen LogP contribution in [0.2, 0.25) is 0 Å². The van der Waals surface area contributed by atoms with Gasteiger partial charge in [0.2, 0.25) is 6.79 Å². The Balaban J connectivity index is 1.19. The Morgan fingerprint density at radius 1 is 1.13 bits per heavy atom. The predicted molar refractivity (Wildman–Crippen MR) is 111 cm³/mol. The molecule has 9 nitrogen and oxygen atoms in total. The lowest BCUT2D eigenvalue weighted by Crippen LogP contribution is -2.43. The standard InChI is InChI=1S/C22H23N5O4/c23-11-17-2-1-7-24-20(17)27-8-5-15(6-9-27)12-25-21(28)22(29)26-13-16-3-4-18-19(10-16)31-14-30-18/h1-4,7,10,15H,5-6,8-9,12-14H2,(H,25,28)(H,26,29). The number of nitriles is 1. The van der Waals surface area contributed by atoms with Crippen LogP contribution in [0.15, 0.2) is 36.5 Å².